The molecule has 6 heteroatoms. The van der Waals surface area contributed by atoms with Crippen LogP contribution in [0, 0.1) is 13.8 Å². The Hall–Kier alpha value is -2.70. The van der Waals surface area contributed by atoms with Crippen molar-refractivity contribution >= 4 is 11.9 Å². The van der Waals surface area contributed by atoms with E-state index in [1.807, 2.05) is 50.2 Å². The van der Waals surface area contributed by atoms with Crippen LogP contribution in [0.3, 0.4) is 0 Å². The van der Waals surface area contributed by atoms with Crippen LogP contribution in [0.1, 0.15) is 31.8 Å². The van der Waals surface area contributed by atoms with E-state index in [1.165, 1.54) is 0 Å². The predicted octanol–water partition coefficient (Wildman–Crippen LogP) is 2.93. The summed E-state index contributed by atoms with van der Waals surface area (Å²) in [7, 11) is 0. The molecule has 1 heterocycles. The van der Waals surface area contributed by atoms with E-state index in [4.69, 9.17) is 9.47 Å². The second-order valence-corrected chi connectivity index (χ2v) is 7.69. The molecule has 0 unspecified atom stereocenters. The molecule has 0 amide bonds. The van der Waals surface area contributed by atoms with E-state index in [0.29, 0.717) is 24.3 Å². The van der Waals surface area contributed by atoms with Crippen molar-refractivity contribution in [2.24, 2.45) is 0 Å². The molecule has 1 saturated heterocycles. The predicted molar refractivity (Wildman–Crippen MR) is 116 cm³/mol. The van der Waals surface area contributed by atoms with E-state index >= 15 is 0 Å². The van der Waals surface area contributed by atoms with Crippen LogP contribution in [-0.4, -0.2) is 74.2 Å². The highest BCUT2D eigenvalue weighted by atomic mass is 16.5. The van der Waals surface area contributed by atoms with Gasteiger partial charge in [0.1, 0.15) is 13.2 Å². The van der Waals surface area contributed by atoms with E-state index in [2.05, 4.69) is 9.80 Å². The fourth-order valence-corrected chi connectivity index (χ4v) is 3.48. The van der Waals surface area contributed by atoms with Gasteiger partial charge >= 0.3 is 11.9 Å². The summed E-state index contributed by atoms with van der Waals surface area (Å²) in [6.45, 7) is 9.80. The molecule has 0 aromatic heterocycles. The van der Waals surface area contributed by atoms with Crippen LogP contribution in [-0.2, 0) is 9.47 Å². The summed E-state index contributed by atoms with van der Waals surface area (Å²) in [4.78, 5) is 28.8. The van der Waals surface area contributed by atoms with E-state index in [0.717, 1.165) is 50.4 Å². The second kappa shape index (κ2) is 10.9. The number of piperazine rings is 1. The second-order valence-electron chi connectivity index (χ2n) is 7.69. The van der Waals surface area contributed by atoms with Gasteiger partial charge in [-0.1, -0.05) is 35.4 Å². The molecule has 160 valence electrons. The lowest BCUT2D eigenvalue weighted by molar-refractivity contribution is 0.0352. The fourth-order valence-electron chi connectivity index (χ4n) is 3.48. The van der Waals surface area contributed by atoms with Crippen molar-refractivity contribution in [3.05, 3.63) is 70.8 Å². The largest absolute Gasteiger partial charge is 0.461 e. The van der Waals surface area contributed by atoms with E-state index < -0.39 is 0 Å². The Bertz CT molecular complexity index is 788. The van der Waals surface area contributed by atoms with Crippen molar-refractivity contribution in [3.63, 3.8) is 0 Å². The molecule has 2 aromatic carbocycles. The fraction of sp³-hybridized carbons (Fsp3) is 0.417. The standard InChI is InChI=1S/C24H30N2O4/c1-19-5-3-7-21(17-19)23(27)29-15-13-25-9-11-26(12-10-25)14-16-30-24(28)22-8-4-6-20(2)18-22/h3-8,17-18H,9-16H2,1-2H3. The number of ether oxygens (including phenoxy) is 2. The number of carbonyl (C=O) groups is 2. The minimum atomic E-state index is -0.271. The van der Waals surface area contributed by atoms with Crippen LogP contribution < -0.4 is 0 Å². The SMILES string of the molecule is Cc1cccc(C(=O)OCCN2CCN(CCOC(=O)c3cccc(C)c3)CC2)c1. The Morgan fingerprint density at radius 3 is 1.50 bits per heavy atom. The van der Waals surface area contributed by atoms with Gasteiger partial charge in [-0.05, 0) is 38.1 Å². The van der Waals surface area contributed by atoms with Crippen molar-refractivity contribution in [2.45, 2.75) is 13.8 Å². The van der Waals surface area contributed by atoms with Crippen LogP contribution in [0.25, 0.3) is 0 Å². The number of aryl methyl sites for hydroxylation is 2. The van der Waals surface area contributed by atoms with Crippen LogP contribution >= 0.6 is 0 Å². The molecule has 0 aliphatic carbocycles. The van der Waals surface area contributed by atoms with Gasteiger partial charge in [-0.3, -0.25) is 9.80 Å². The van der Waals surface area contributed by atoms with Gasteiger partial charge in [-0.2, -0.15) is 0 Å². The first-order valence-corrected chi connectivity index (χ1v) is 10.4. The number of benzene rings is 2. The first kappa shape index (κ1) is 22.0. The molecule has 2 aromatic rings. The number of carbonyl (C=O) groups excluding carboxylic acids is 2. The first-order chi connectivity index (χ1) is 14.5. The summed E-state index contributed by atoms with van der Waals surface area (Å²) in [6.07, 6.45) is 0. The third kappa shape index (κ3) is 6.68. The molecule has 30 heavy (non-hydrogen) atoms. The van der Waals surface area contributed by atoms with E-state index in [9.17, 15) is 9.59 Å². The maximum Gasteiger partial charge on any atom is 0.338 e. The van der Waals surface area contributed by atoms with Crippen LogP contribution in [0.2, 0.25) is 0 Å². The number of esters is 2. The number of hydrogen-bond donors (Lipinski definition) is 0. The molecule has 0 bridgehead atoms. The Morgan fingerprint density at radius 2 is 1.13 bits per heavy atom. The van der Waals surface area contributed by atoms with Crippen molar-refractivity contribution in [2.75, 3.05) is 52.5 Å². The minimum absolute atomic E-state index is 0.271. The summed E-state index contributed by atoms with van der Waals surface area (Å²) in [5.41, 5.74) is 3.29. The zero-order valence-electron chi connectivity index (χ0n) is 17.8. The first-order valence-electron chi connectivity index (χ1n) is 10.4. The van der Waals surface area contributed by atoms with Gasteiger partial charge in [-0.25, -0.2) is 9.59 Å². The molecule has 1 aliphatic heterocycles. The molecule has 1 aliphatic rings. The molecule has 0 saturated carbocycles. The average molecular weight is 411 g/mol. The van der Waals surface area contributed by atoms with Gasteiger partial charge in [0, 0.05) is 39.3 Å². The molecule has 0 spiro atoms. The van der Waals surface area contributed by atoms with Gasteiger partial charge in [0.2, 0.25) is 0 Å². The van der Waals surface area contributed by atoms with Gasteiger partial charge in [0.15, 0.2) is 0 Å². The smallest absolute Gasteiger partial charge is 0.338 e. The van der Waals surface area contributed by atoms with Crippen LogP contribution in [0.5, 0.6) is 0 Å². The Kier molecular flexibility index (Phi) is 7.99. The van der Waals surface area contributed by atoms with Crippen molar-refractivity contribution in [1.82, 2.24) is 9.80 Å². The highest BCUT2D eigenvalue weighted by Gasteiger charge is 2.18. The molecule has 0 atom stereocenters. The molecule has 0 radical (unpaired) electrons. The quantitative estimate of drug-likeness (QED) is 0.624. The molecular weight excluding hydrogens is 380 g/mol. The maximum atomic E-state index is 12.1. The summed E-state index contributed by atoms with van der Waals surface area (Å²) < 4.78 is 10.8. The third-order valence-corrected chi connectivity index (χ3v) is 5.25. The molecule has 1 fully saturated rings. The number of nitrogens with zero attached hydrogens (tertiary/aromatic N) is 2. The van der Waals surface area contributed by atoms with Gasteiger partial charge in [0.25, 0.3) is 0 Å². The topological polar surface area (TPSA) is 59.1 Å². The molecular formula is C24H30N2O4. The van der Waals surface area contributed by atoms with Gasteiger partial charge in [0.05, 0.1) is 11.1 Å². The third-order valence-electron chi connectivity index (χ3n) is 5.25. The molecule has 3 rings (SSSR count). The zero-order valence-corrected chi connectivity index (χ0v) is 17.8. The van der Waals surface area contributed by atoms with Crippen molar-refractivity contribution in [1.29, 1.82) is 0 Å². The lowest BCUT2D eigenvalue weighted by Gasteiger charge is -2.34. The Labute approximate surface area is 178 Å². The zero-order chi connectivity index (χ0) is 21.3. The van der Waals surface area contributed by atoms with Crippen molar-refractivity contribution in [3.8, 4) is 0 Å². The number of hydrogen-bond acceptors (Lipinski definition) is 6. The monoisotopic (exact) mass is 410 g/mol. The maximum absolute atomic E-state index is 12.1. The average Bonchev–Trinajstić information content (AvgIpc) is 2.74. The lowest BCUT2D eigenvalue weighted by atomic mass is 10.1. The summed E-state index contributed by atoms with van der Waals surface area (Å²) in [6, 6.07) is 14.9. The summed E-state index contributed by atoms with van der Waals surface area (Å²) in [5.74, 6) is -0.541. The van der Waals surface area contributed by atoms with Crippen molar-refractivity contribution < 1.29 is 19.1 Å². The molecule has 0 N–H and O–H groups in total. The van der Waals surface area contributed by atoms with Gasteiger partial charge in [-0.15, -0.1) is 0 Å². The van der Waals surface area contributed by atoms with Crippen LogP contribution in [0.15, 0.2) is 48.5 Å². The van der Waals surface area contributed by atoms with Crippen LogP contribution in [0.4, 0.5) is 0 Å². The van der Waals surface area contributed by atoms with Gasteiger partial charge < -0.3 is 9.47 Å². The number of rotatable bonds is 8. The minimum Gasteiger partial charge on any atom is -0.461 e. The molecule has 6 nitrogen and oxygen atoms in total. The summed E-state index contributed by atoms with van der Waals surface area (Å²) >= 11 is 0. The highest BCUT2D eigenvalue weighted by Crippen LogP contribution is 2.08. The normalized spacial score (nSPS) is 15.0. The Morgan fingerprint density at radius 1 is 0.733 bits per heavy atom. The Balaban J connectivity index is 1.29. The highest BCUT2D eigenvalue weighted by molar-refractivity contribution is 5.90. The van der Waals surface area contributed by atoms with E-state index in [1.54, 1.807) is 12.1 Å². The van der Waals surface area contributed by atoms with E-state index in [-0.39, 0.29) is 11.9 Å². The lowest BCUT2D eigenvalue weighted by Crippen LogP contribution is -2.48. The summed E-state index contributed by atoms with van der Waals surface area (Å²) in [5, 5.41) is 0.